The summed E-state index contributed by atoms with van der Waals surface area (Å²) in [6, 6.07) is 8.98. The predicted octanol–water partition coefficient (Wildman–Crippen LogP) is 4.03. The van der Waals surface area contributed by atoms with Gasteiger partial charge < -0.3 is 5.32 Å². The van der Waals surface area contributed by atoms with Gasteiger partial charge in [0, 0.05) is 34.8 Å². The van der Waals surface area contributed by atoms with Gasteiger partial charge in [-0.1, -0.05) is 32.0 Å². The van der Waals surface area contributed by atoms with Crippen LogP contribution < -0.4 is 5.32 Å². The molecule has 0 saturated heterocycles. The number of fused-ring (bicyclic) bond motifs is 1. The molecule has 0 amide bonds. The lowest BCUT2D eigenvalue weighted by Crippen LogP contribution is -2.20. The molecular weight excluding hydrogens is 252 g/mol. The molecule has 2 aromatic rings. The molecule has 1 aromatic carbocycles. The highest BCUT2D eigenvalue weighted by Crippen LogP contribution is 2.27. The quantitative estimate of drug-likeness (QED) is 0.861. The lowest BCUT2D eigenvalue weighted by Gasteiger charge is -2.20. The molecule has 0 saturated carbocycles. The summed E-state index contributed by atoms with van der Waals surface area (Å²) >= 11 is 2.03. The van der Waals surface area contributed by atoms with Crippen molar-refractivity contribution < 1.29 is 0 Å². The Bertz CT molecular complexity index is 522. The molecule has 1 heterocycles. The second kappa shape index (κ2) is 6.92. The zero-order valence-corrected chi connectivity index (χ0v) is 12.7. The van der Waals surface area contributed by atoms with Crippen LogP contribution in [0.15, 0.2) is 36.7 Å². The molecule has 0 fully saturated rings. The van der Waals surface area contributed by atoms with E-state index in [2.05, 4.69) is 48.4 Å². The van der Waals surface area contributed by atoms with Crippen molar-refractivity contribution in [3.05, 3.63) is 42.2 Å². The van der Waals surface area contributed by atoms with Crippen LogP contribution >= 0.6 is 11.8 Å². The first-order valence-electron chi connectivity index (χ1n) is 6.87. The topological polar surface area (TPSA) is 24.9 Å². The van der Waals surface area contributed by atoms with Gasteiger partial charge in [-0.3, -0.25) is 4.98 Å². The molecule has 0 aliphatic rings. The van der Waals surface area contributed by atoms with Gasteiger partial charge in [0.05, 0.1) is 0 Å². The van der Waals surface area contributed by atoms with Crippen LogP contribution in [0.25, 0.3) is 10.8 Å². The summed E-state index contributed by atoms with van der Waals surface area (Å²) < 4.78 is 0. The van der Waals surface area contributed by atoms with Gasteiger partial charge >= 0.3 is 0 Å². The normalized spacial score (nSPS) is 14.5. The number of pyridine rings is 1. The maximum atomic E-state index is 4.20. The number of benzene rings is 1. The number of rotatable bonds is 6. The number of nitrogens with one attached hydrogen (secondary N) is 1. The monoisotopic (exact) mass is 274 g/mol. The minimum Gasteiger partial charge on any atom is -0.312 e. The Balaban J connectivity index is 2.25. The third-order valence-electron chi connectivity index (χ3n) is 3.56. The highest BCUT2D eigenvalue weighted by atomic mass is 32.2. The van der Waals surface area contributed by atoms with Crippen molar-refractivity contribution in [2.75, 3.05) is 12.8 Å². The molecule has 0 spiro atoms. The van der Waals surface area contributed by atoms with Crippen LogP contribution in [-0.4, -0.2) is 23.0 Å². The van der Waals surface area contributed by atoms with E-state index >= 15 is 0 Å². The number of nitrogens with zero attached hydrogens (tertiary/aromatic N) is 1. The molecule has 2 unspecified atom stereocenters. The van der Waals surface area contributed by atoms with Gasteiger partial charge in [-0.15, -0.1) is 0 Å². The summed E-state index contributed by atoms with van der Waals surface area (Å²) in [6.45, 7) is 4.54. The zero-order chi connectivity index (χ0) is 13.7. The van der Waals surface area contributed by atoms with Crippen molar-refractivity contribution in [3.8, 4) is 0 Å². The summed E-state index contributed by atoms with van der Waals surface area (Å²) in [5.41, 5.74) is 1.37. The highest BCUT2D eigenvalue weighted by molar-refractivity contribution is 7.99. The fourth-order valence-electron chi connectivity index (χ4n) is 2.16. The molecule has 102 valence electrons. The largest absolute Gasteiger partial charge is 0.312 e. The summed E-state index contributed by atoms with van der Waals surface area (Å²) in [5, 5.41) is 6.69. The Labute approximate surface area is 120 Å². The number of thioether (sulfide) groups is 1. The molecule has 19 heavy (non-hydrogen) atoms. The molecule has 1 aromatic heterocycles. The average molecular weight is 274 g/mol. The summed E-state index contributed by atoms with van der Waals surface area (Å²) in [5.74, 6) is 1.10. The maximum absolute atomic E-state index is 4.20. The maximum Gasteiger partial charge on any atom is 0.0415 e. The molecule has 3 heteroatoms. The molecule has 0 aliphatic heterocycles. The smallest absolute Gasteiger partial charge is 0.0415 e. The standard InChI is InChI=1S/C16H22N2S/c1-4-12(2)19-11-16(17-3)15-7-5-6-13-10-18-9-8-14(13)15/h5-10,12,16-17H,4,11H2,1-3H3. The first-order valence-corrected chi connectivity index (χ1v) is 7.92. The minimum absolute atomic E-state index is 0.394. The van der Waals surface area contributed by atoms with Crippen molar-refractivity contribution >= 4 is 22.5 Å². The van der Waals surface area contributed by atoms with E-state index in [9.17, 15) is 0 Å². The molecule has 0 radical (unpaired) electrons. The van der Waals surface area contributed by atoms with Crippen LogP contribution in [-0.2, 0) is 0 Å². The molecule has 2 rings (SSSR count). The molecule has 2 nitrogen and oxygen atoms in total. The van der Waals surface area contributed by atoms with Crippen molar-refractivity contribution in [1.82, 2.24) is 10.3 Å². The lowest BCUT2D eigenvalue weighted by molar-refractivity contribution is 0.665. The number of aromatic nitrogens is 1. The van der Waals surface area contributed by atoms with E-state index in [1.54, 1.807) is 0 Å². The molecule has 0 aliphatic carbocycles. The van der Waals surface area contributed by atoms with Crippen molar-refractivity contribution in [1.29, 1.82) is 0 Å². The van der Waals surface area contributed by atoms with E-state index < -0.39 is 0 Å². The number of hydrogen-bond acceptors (Lipinski definition) is 3. The molecule has 0 bridgehead atoms. The Hall–Kier alpha value is -1.06. The Morgan fingerprint density at radius 1 is 1.32 bits per heavy atom. The Morgan fingerprint density at radius 3 is 2.89 bits per heavy atom. The van der Waals surface area contributed by atoms with Gasteiger partial charge in [-0.25, -0.2) is 0 Å². The molecule has 2 atom stereocenters. The Kier molecular flexibility index (Phi) is 5.23. The van der Waals surface area contributed by atoms with Crippen molar-refractivity contribution in [2.24, 2.45) is 0 Å². The first-order chi connectivity index (χ1) is 9.26. The van der Waals surface area contributed by atoms with Crippen LogP contribution in [0.4, 0.5) is 0 Å². The van der Waals surface area contributed by atoms with Crippen LogP contribution in [0.1, 0.15) is 31.9 Å². The second-order valence-corrected chi connectivity index (χ2v) is 6.31. The van der Waals surface area contributed by atoms with Crippen LogP contribution in [0, 0.1) is 0 Å². The molecular formula is C16H22N2S. The zero-order valence-electron chi connectivity index (χ0n) is 11.9. The fourth-order valence-corrected chi connectivity index (χ4v) is 3.26. The highest BCUT2D eigenvalue weighted by Gasteiger charge is 2.13. The summed E-state index contributed by atoms with van der Waals surface area (Å²) in [4.78, 5) is 4.20. The van der Waals surface area contributed by atoms with Crippen LogP contribution in [0.5, 0.6) is 0 Å². The van der Waals surface area contributed by atoms with Crippen LogP contribution in [0.2, 0.25) is 0 Å². The van der Waals surface area contributed by atoms with E-state index in [0.29, 0.717) is 11.3 Å². The average Bonchev–Trinajstić information content (AvgIpc) is 2.47. The lowest BCUT2D eigenvalue weighted by atomic mass is 10.0. The van der Waals surface area contributed by atoms with Gasteiger partial charge in [-0.2, -0.15) is 11.8 Å². The predicted molar refractivity (Wildman–Crippen MR) is 85.8 cm³/mol. The van der Waals surface area contributed by atoms with Gasteiger partial charge in [0.25, 0.3) is 0 Å². The van der Waals surface area contributed by atoms with E-state index in [1.165, 1.54) is 22.8 Å². The third kappa shape index (κ3) is 3.48. The van der Waals surface area contributed by atoms with E-state index in [-0.39, 0.29) is 0 Å². The van der Waals surface area contributed by atoms with Gasteiger partial charge in [0.2, 0.25) is 0 Å². The second-order valence-electron chi connectivity index (χ2n) is 4.84. The molecule has 1 N–H and O–H groups in total. The number of hydrogen-bond donors (Lipinski definition) is 1. The van der Waals surface area contributed by atoms with E-state index in [1.807, 2.05) is 31.2 Å². The fraction of sp³-hybridized carbons (Fsp3) is 0.438. The van der Waals surface area contributed by atoms with E-state index in [4.69, 9.17) is 0 Å². The van der Waals surface area contributed by atoms with Gasteiger partial charge in [0.15, 0.2) is 0 Å². The van der Waals surface area contributed by atoms with Crippen molar-refractivity contribution in [3.63, 3.8) is 0 Å². The Morgan fingerprint density at radius 2 is 2.16 bits per heavy atom. The van der Waals surface area contributed by atoms with Crippen LogP contribution in [0.3, 0.4) is 0 Å². The summed E-state index contributed by atoms with van der Waals surface area (Å²) in [7, 11) is 2.04. The van der Waals surface area contributed by atoms with Crippen molar-refractivity contribution in [2.45, 2.75) is 31.6 Å². The first kappa shape index (κ1) is 14.4. The third-order valence-corrected chi connectivity index (χ3v) is 4.99. The van der Waals surface area contributed by atoms with Gasteiger partial charge in [-0.05, 0) is 30.5 Å². The van der Waals surface area contributed by atoms with Gasteiger partial charge in [0.1, 0.15) is 0 Å². The van der Waals surface area contributed by atoms with E-state index in [0.717, 1.165) is 5.75 Å². The SMILES string of the molecule is CCC(C)SCC(NC)c1cccc2cnccc12. The minimum atomic E-state index is 0.394. The summed E-state index contributed by atoms with van der Waals surface area (Å²) in [6.07, 6.45) is 5.04.